The van der Waals surface area contributed by atoms with Crippen LogP contribution < -0.4 is 5.32 Å². The van der Waals surface area contributed by atoms with Crippen LogP contribution in [0.3, 0.4) is 0 Å². The first-order valence-electron chi connectivity index (χ1n) is 7.01. The second-order valence-corrected chi connectivity index (χ2v) is 5.92. The van der Waals surface area contributed by atoms with E-state index in [-0.39, 0.29) is 11.1 Å². The highest BCUT2D eigenvalue weighted by atomic mass is 35.5. The Morgan fingerprint density at radius 2 is 1.76 bits per heavy atom. The molecule has 2 aromatic carbocycles. The summed E-state index contributed by atoms with van der Waals surface area (Å²) in [6, 6.07) is 11.0. The van der Waals surface area contributed by atoms with E-state index in [9.17, 15) is 4.39 Å². The molecule has 1 atom stereocenters. The first kappa shape index (κ1) is 16.1. The van der Waals surface area contributed by atoms with Crippen molar-refractivity contribution < 1.29 is 4.39 Å². The second kappa shape index (κ2) is 7.15. The molecule has 0 saturated heterocycles. The number of benzene rings is 2. The minimum Gasteiger partial charge on any atom is -0.378 e. The van der Waals surface area contributed by atoms with Crippen molar-refractivity contribution in [3.63, 3.8) is 0 Å². The monoisotopic (exact) mass is 325 g/mol. The smallest absolute Gasteiger partial charge is 0.142 e. The lowest BCUT2D eigenvalue weighted by Gasteiger charge is -2.18. The zero-order valence-electron chi connectivity index (χ0n) is 12.1. The van der Waals surface area contributed by atoms with Gasteiger partial charge in [0.2, 0.25) is 0 Å². The number of aryl methyl sites for hydroxylation is 1. The fourth-order valence-electron chi connectivity index (χ4n) is 2.25. The molecule has 0 aliphatic rings. The van der Waals surface area contributed by atoms with Crippen LogP contribution in [0.15, 0.2) is 36.4 Å². The predicted molar refractivity (Wildman–Crippen MR) is 88.9 cm³/mol. The lowest BCUT2D eigenvalue weighted by atomic mass is 10.1. The Balaban J connectivity index is 2.14. The fourth-order valence-corrected chi connectivity index (χ4v) is 2.80. The van der Waals surface area contributed by atoms with Crippen molar-refractivity contribution in [1.29, 1.82) is 0 Å². The number of anilines is 1. The quantitative estimate of drug-likeness (QED) is 0.640. The van der Waals surface area contributed by atoms with Crippen LogP contribution >= 0.6 is 23.2 Å². The first-order valence-corrected chi connectivity index (χ1v) is 7.76. The van der Waals surface area contributed by atoms with Crippen molar-refractivity contribution in [2.24, 2.45) is 0 Å². The Morgan fingerprint density at radius 3 is 2.38 bits per heavy atom. The minimum atomic E-state index is -0.456. The number of rotatable bonds is 5. The molecule has 1 unspecified atom stereocenters. The number of hydrogen-bond acceptors (Lipinski definition) is 1. The van der Waals surface area contributed by atoms with Crippen molar-refractivity contribution in [3.05, 3.63) is 63.4 Å². The van der Waals surface area contributed by atoms with Gasteiger partial charge < -0.3 is 5.32 Å². The molecule has 4 heteroatoms. The van der Waals surface area contributed by atoms with E-state index in [0.717, 1.165) is 18.5 Å². The van der Waals surface area contributed by atoms with Gasteiger partial charge in [-0.3, -0.25) is 0 Å². The van der Waals surface area contributed by atoms with Crippen LogP contribution in [0.4, 0.5) is 10.1 Å². The van der Waals surface area contributed by atoms with Gasteiger partial charge in [-0.15, -0.1) is 0 Å². The van der Waals surface area contributed by atoms with Gasteiger partial charge in [-0.1, -0.05) is 48.7 Å². The van der Waals surface area contributed by atoms with E-state index in [4.69, 9.17) is 23.2 Å². The van der Waals surface area contributed by atoms with E-state index in [1.807, 2.05) is 19.1 Å². The third-order valence-electron chi connectivity index (χ3n) is 3.38. The third-order valence-corrected chi connectivity index (χ3v) is 4.00. The molecule has 112 valence electrons. The van der Waals surface area contributed by atoms with Crippen LogP contribution in [-0.4, -0.2) is 0 Å². The molecule has 2 aromatic rings. The van der Waals surface area contributed by atoms with Crippen molar-refractivity contribution in [2.45, 2.75) is 32.7 Å². The van der Waals surface area contributed by atoms with Gasteiger partial charge in [0.15, 0.2) is 0 Å². The Hall–Kier alpha value is -1.25. The summed E-state index contributed by atoms with van der Waals surface area (Å²) in [5, 5.41) is 3.82. The molecule has 2 rings (SSSR count). The SMILES string of the molecule is CCCc1ccc(NC(C)c2cc(F)c(Cl)cc2Cl)cc1. The second-order valence-electron chi connectivity index (χ2n) is 5.10. The molecule has 0 aliphatic heterocycles. The molecule has 0 amide bonds. The highest BCUT2D eigenvalue weighted by molar-refractivity contribution is 6.35. The van der Waals surface area contributed by atoms with Gasteiger partial charge in [-0.2, -0.15) is 0 Å². The van der Waals surface area contributed by atoms with E-state index in [0.29, 0.717) is 10.6 Å². The van der Waals surface area contributed by atoms with Gasteiger partial charge in [-0.05, 0) is 48.7 Å². The third kappa shape index (κ3) is 4.12. The maximum absolute atomic E-state index is 13.6. The average Bonchev–Trinajstić information content (AvgIpc) is 2.45. The van der Waals surface area contributed by atoms with Crippen LogP contribution in [0.1, 0.15) is 37.4 Å². The van der Waals surface area contributed by atoms with E-state index < -0.39 is 5.82 Å². The molecule has 0 fully saturated rings. The summed E-state index contributed by atoms with van der Waals surface area (Å²) in [5.74, 6) is -0.456. The molecule has 0 saturated carbocycles. The molecule has 0 aromatic heterocycles. The predicted octanol–water partition coefficient (Wildman–Crippen LogP) is 6.26. The zero-order chi connectivity index (χ0) is 15.4. The van der Waals surface area contributed by atoms with Crippen molar-refractivity contribution >= 4 is 28.9 Å². The Bertz CT molecular complexity index is 611. The Labute approximate surface area is 135 Å². The molecule has 0 radical (unpaired) electrons. The molecule has 21 heavy (non-hydrogen) atoms. The summed E-state index contributed by atoms with van der Waals surface area (Å²) >= 11 is 11.9. The van der Waals surface area contributed by atoms with Gasteiger partial charge in [0.05, 0.1) is 11.1 Å². The van der Waals surface area contributed by atoms with Crippen molar-refractivity contribution in [3.8, 4) is 0 Å². The molecular formula is C17H18Cl2FN. The first-order chi connectivity index (χ1) is 10.0. The minimum absolute atomic E-state index is 0.0415. The number of hydrogen-bond donors (Lipinski definition) is 1. The van der Waals surface area contributed by atoms with Crippen molar-refractivity contribution in [2.75, 3.05) is 5.32 Å². The Morgan fingerprint density at radius 1 is 1.10 bits per heavy atom. The molecular weight excluding hydrogens is 308 g/mol. The van der Waals surface area contributed by atoms with E-state index >= 15 is 0 Å². The highest BCUT2D eigenvalue weighted by Gasteiger charge is 2.13. The summed E-state index contributed by atoms with van der Waals surface area (Å²) in [6.45, 7) is 4.10. The van der Waals surface area contributed by atoms with E-state index in [1.54, 1.807) is 0 Å². The summed E-state index contributed by atoms with van der Waals surface area (Å²) < 4.78 is 13.6. The largest absolute Gasteiger partial charge is 0.378 e. The lowest BCUT2D eigenvalue weighted by Crippen LogP contribution is -2.07. The Kier molecular flexibility index (Phi) is 5.49. The normalized spacial score (nSPS) is 12.2. The number of halogens is 3. The fraction of sp³-hybridized carbons (Fsp3) is 0.294. The molecule has 1 nitrogen and oxygen atoms in total. The summed E-state index contributed by atoms with van der Waals surface area (Å²) in [6.07, 6.45) is 2.20. The summed E-state index contributed by atoms with van der Waals surface area (Å²) in [4.78, 5) is 0. The standard InChI is InChI=1S/C17H18Cl2FN/c1-3-4-12-5-7-13(8-6-12)21-11(2)14-9-17(20)16(19)10-15(14)18/h5-11,21H,3-4H2,1-2H3. The highest BCUT2D eigenvalue weighted by Crippen LogP contribution is 2.30. The maximum Gasteiger partial charge on any atom is 0.142 e. The molecule has 0 aliphatic carbocycles. The molecule has 1 N–H and O–H groups in total. The van der Waals surface area contributed by atoms with Crippen LogP contribution in [0.2, 0.25) is 10.0 Å². The summed E-state index contributed by atoms with van der Waals surface area (Å²) in [7, 11) is 0. The van der Waals surface area contributed by atoms with Crippen molar-refractivity contribution in [1.82, 2.24) is 0 Å². The van der Waals surface area contributed by atoms with Gasteiger partial charge >= 0.3 is 0 Å². The van der Waals surface area contributed by atoms with Crippen LogP contribution in [0, 0.1) is 5.82 Å². The zero-order valence-corrected chi connectivity index (χ0v) is 13.6. The number of nitrogens with one attached hydrogen (secondary N) is 1. The van der Waals surface area contributed by atoms with Gasteiger partial charge in [0.25, 0.3) is 0 Å². The summed E-state index contributed by atoms with van der Waals surface area (Å²) in [5.41, 5.74) is 2.98. The van der Waals surface area contributed by atoms with Gasteiger partial charge in [0, 0.05) is 10.7 Å². The van der Waals surface area contributed by atoms with E-state index in [1.165, 1.54) is 17.7 Å². The molecule has 0 bridgehead atoms. The molecule has 0 heterocycles. The maximum atomic E-state index is 13.6. The van der Waals surface area contributed by atoms with Crippen LogP contribution in [-0.2, 0) is 6.42 Å². The molecule has 0 spiro atoms. The van der Waals surface area contributed by atoms with Crippen LogP contribution in [0.25, 0.3) is 0 Å². The average molecular weight is 326 g/mol. The topological polar surface area (TPSA) is 12.0 Å². The van der Waals surface area contributed by atoms with E-state index in [2.05, 4.69) is 24.4 Å². The van der Waals surface area contributed by atoms with Gasteiger partial charge in [-0.25, -0.2) is 4.39 Å². The lowest BCUT2D eigenvalue weighted by molar-refractivity contribution is 0.624. The van der Waals surface area contributed by atoms with Gasteiger partial charge in [0.1, 0.15) is 5.82 Å². The van der Waals surface area contributed by atoms with Crippen LogP contribution in [0.5, 0.6) is 0 Å².